The van der Waals surface area contributed by atoms with Gasteiger partial charge in [0, 0.05) is 0 Å². The van der Waals surface area contributed by atoms with Crippen molar-refractivity contribution < 1.29 is 0 Å². The van der Waals surface area contributed by atoms with Crippen LogP contribution in [0.5, 0.6) is 0 Å². The zero-order valence-corrected chi connectivity index (χ0v) is 39.6. The molecule has 0 amide bonds. The predicted molar refractivity (Wildman–Crippen MR) is 280 cm³/mol. The zero-order chi connectivity index (χ0) is 46.7. The summed E-state index contributed by atoms with van der Waals surface area (Å²) in [5.74, 6) is 20.9. The SMILES string of the molecule is CC(C)(C)c1ccc(C2=C=C=C(c3ccccc3)C#CC(c3ccc(C(C)(C)C)cc3)=C=C=C(c3ccccc3)C#CC(c3ccc(C(C)(C)C)cc3)=C=C=C(c3ccccc3)C#C2)cc1. The molecule has 0 fully saturated rings. The summed E-state index contributed by atoms with van der Waals surface area (Å²) in [6.07, 6.45) is 0. The molecule has 66 heavy (non-hydrogen) atoms. The molecule has 318 valence electrons. The van der Waals surface area contributed by atoms with Crippen LogP contribution in [0.3, 0.4) is 0 Å². The van der Waals surface area contributed by atoms with Crippen molar-refractivity contribution in [3.05, 3.63) is 248 Å². The lowest BCUT2D eigenvalue weighted by Crippen LogP contribution is -2.10. The standard InChI is InChI=1S/C66H54/c1-64(2,3)61-43-37-58(38-44-61)55-31-25-52(49-19-13-10-14-20-49)27-33-56(59-39-45-62(46-40-59)65(4,5)6)35-29-54(51-23-17-12-18-24-51)30-36-57(60-41-47-63(48-42-60)66(7,8)9)34-28-53(26-32-55)50-21-15-11-16-22-50/h10-24,37-48H,1-9H3. The van der Waals surface area contributed by atoms with Gasteiger partial charge in [-0.1, -0.05) is 296 Å². The Hall–Kier alpha value is -8.10. The molecule has 1 aliphatic rings. The molecule has 0 N–H and O–H groups in total. The van der Waals surface area contributed by atoms with E-state index in [4.69, 9.17) is 0 Å². The summed E-state index contributed by atoms with van der Waals surface area (Å²) in [4.78, 5) is 0. The minimum Gasteiger partial charge on any atom is -0.0622 e. The highest BCUT2D eigenvalue weighted by Gasteiger charge is 2.16. The van der Waals surface area contributed by atoms with E-state index < -0.39 is 0 Å². The molecule has 0 saturated carbocycles. The van der Waals surface area contributed by atoms with E-state index in [-0.39, 0.29) is 16.2 Å². The Labute approximate surface area is 393 Å². The molecule has 0 atom stereocenters. The van der Waals surface area contributed by atoms with Gasteiger partial charge in [-0.2, -0.15) is 0 Å². The summed E-state index contributed by atoms with van der Waals surface area (Å²) in [5.41, 5.74) is 34.0. The average molecular weight is 847 g/mol. The Morgan fingerprint density at radius 2 is 0.379 bits per heavy atom. The fraction of sp³-hybridized carbons (Fsp3) is 0.182. The van der Waals surface area contributed by atoms with Gasteiger partial charge in [0.1, 0.15) is 0 Å². The third kappa shape index (κ3) is 12.1. The first-order valence-corrected chi connectivity index (χ1v) is 22.4. The molecule has 0 aliphatic heterocycles. The van der Waals surface area contributed by atoms with Crippen molar-refractivity contribution in [3.8, 4) is 35.5 Å². The van der Waals surface area contributed by atoms with Crippen molar-refractivity contribution in [1.82, 2.24) is 0 Å². The minimum atomic E-state index is -0.0136. The van der Waals surface area contributed by atoms with Crippen molar-refractivity contribution in [2.24, 2.45) is 0 Å². The highest BCUT2D eigenvalue weighted by molar-refractivity contribution is 5.91. The lowest BCUT2D eigenvalue weighted by atomic mass is 9.86. The first kappa shape index (κ1) is 45.9. The van der Waals surface area contributed by atoms with Gasteiger partial charge in [-0.3, -0.25) is 0 Å². The van der Waals surface area contributed by atoms with Crippen LogP contribution in [-0.2, 0) is 16.2 Å². The fourth-order valence-corrected chi connectivity index (χ4v) is 7.03. The molecular weight excluding hydrogens is 793 g/mol. The monoisotopic (exact) mass is 846 g/mol. The summed E-state index contributed by atoms with van der Waals surface area (Å²) in [7, 11) is 0. The second kappa shape index (κ2) is 20.2. The van der Waals surface area contributed by atoms with Crippen LogP contribution in [0.2, 0.25) is 0 Å². The van der Waals surface area contributed by atoms with Gasteiger partial charge in [0.15, 0.2) is 0 Å². The molecule has 0 nitrogen and oxygen atoms in total. The number of allylic oxidation sites excluding steroid dienone is 6. The Balaban J connectivity index is 1.65. The third-order valence-electron chi connectivity index (χ3n) is 11.2. The third-order valence-corrected chi connectivity index (χ3v) is 11.2. The van der Waals surface area contributed by atoms with E-state index in [2.05, 4.69) is 205 Å². The highest BCUT2D eigenvalue weighted by atomic mass is 14.2. The number of rotatable bonds is 6. The summed E-state index contributed by atoms with van der Waals surface area (Å²) in [5, 5.41) is 0. The number of benzene rings is 6. The van der Waals surface area contributed by atoms with Crippen molar-refractivity contribution in [3.63, 3.8) is 0 Å². The first-order valence-electron chi connectivity index (χ1n) is 22.4. The van der Waals surface area contributed by atoms with Gasteiger partial charge in [-0.15, -0.1) is 0 Å². The second-order valence-electron chi connectivity index (χ2n) is 19.3. The Morgan fingerprint density at radius 3 is 0.545 bits per heavy atom. The Morgan fingerprint density at radius 1 is 0.212 bits per heavy atom. The molecule has 0 radical (unpaired) electrons. The van der Waals surface area contributed by atoms with E-state index in [0.29, 0.717) is 33.4 Å². The smallest absolute Gasteiger partial charge is 0.0622 e. The minimum absolute atomic E-state index is 0.0136. The number of hydrogen-bond acceptors (Lipinski definition) is 0. The molecule has 6 aromatic carbocycles. The van der Waals surface area contributed by atoms with Crippen molar-refractivity contribution in [2.75, 3.05) is 0 Å². The Kier molecular flexibility index (Phi) is 14.0. The molecule has 6 aromatic rings. The van der Waals surface area contributed by atoms with E-state index in [1.54, 1.807) is 0 Å². The molecule has 0 bridgehead atoms. The van der Waals surface area contributed by atoms with Crippen molar-refractivity contribution >= 4 is 33.4 Å². The van der Waals surface area contributed by atoms with Crippen LogP contribution in [0.15, 0.2) is 198 Å². The molecule has 0 saturated heterocycles. The maximum absolute atomic E-state index is 3.49. The second-order valence-corrected chi connectivity index (χ2v) is 19.3. The van der Waals surface area contributed by atoms with Gasteiger partial charge in [-0.05, 0) is 66.3 Å². The van der Waals surface area contributed by atoms with Crippen LogP contribution in [0, 0.1) is 35.5 Å². The predicted octanol–water partition coefficient (Wildman–Crippen LogP) is 15.7. The van der Waals surface area contributed by atoms with Crippen LogP contribution in [0.25, 0.3) is 33.4 Å². The molecule has 0 spiro atoms. The van der Waals surface area contributed by atoms with E-state index in [9.17, 15) is 0 Å². The van der Waals surface area contributed by atoms with Crippen molar-refractivity contribution in [1.29, 1.82) is 0 Å². The molecule has 0 heteroatoms. The normalized spacial score (nSPS) is 13.0. The maximum atomic E-state index is 3.49. The van der Waals surface area contributed by atoms with Gasteiger partial charge in [0.25, 0.3) is 0 Å². The number of hydrogen-bond donors (Lipinski definition) is 0. The quantitative estimate of drug-likeness (QED) is 0.116. The highest BCUT2D eigenvalue weighted by Crippen LogP contribution is 2.28. The lowest BCUT2D eigenvalue weighted by Gasteiger charge is -2.19. The van der Waals surface area contributed by atoms with E-state index in [1.807, 2.05) is 91.0 Å². The lowest BCUT2D eigenvalue weighted by molar-refractivity contribution is 0.590. The summed E-state index contributed by atoms with van der Waals surface area (Å²) < 4.78 is 0. The summed E-state index contributed by atoms with van der Waals surface area (Å²) >= 11 is 0. The summed E-state index contributed by atoms with van der Waals surface area (Å²) in [6.45, 7) is 20.0. The van der Waals surface area contributed by atoms with Crippen LogP contribution in [0.4, 0.5) is 0 Å². The molecular formula is C66H54. The summed E-state index contributed by atoms with van der Waals surface area (Å²) in [6, 6.07) is 55.9. The van der Waals surface area contributed by atoms with Gasteiger partial charge < -0.3 is 0 Å². The van der Waals surface area contributed by atoms with Crippen LogP contribution >= 0.6 is 0 Å². The molecule has 0 heterocycles. The van der Waals surface area contributed by atoms with Gasteiger partial charge >= 0.3 is 0 Å². The van der Waals surface area contributed by atoms with Gasteiger partial charge in [0.2, 0.25) is 0 Å². The largest absolute Gasteiger partial charge is 0.0824 e. The fourth-order valence-electron chi connectivity index (χ4n) is 7.03. The zero-order valence-electron chi connectivity index (χ0n) is 39.6. The molecule has 7 rings (SSSR count). The van der Waals surface area contributed by atoms with Gasteiger partial charge in [0.05, 0.1) is 33.4 Å². The van der Waals surface area contributed by atoms with Gasteiger partial charge in [-0.25, -0.2) is 0 Å². The van der Waals surface area contributed by atoms with Crippen LogP contribution in [0.1, 0.15) is 112 Å². The van der Waals surface area contributed by atoms with Crippen LogP contribution < -0.4 is 0 Å². The average Bonchev–Trinajstić information content (AvgIpc) is 3.31. The molecule has 0 aromatic heterocycles. The van der Waals surface area contributed by atoms with Crippen molar-refractivity contribution in [2.45, 2.75) is 78.6 Å². The Bertz CT molecular complexity index is 2910. The maximum Gasteiger partial charge on any atom is 0.0824 e. The topological polar surface area (TPSA) is 0 Å². The molecule has 0 unspecified atom stereocenters. The van der Waals surface area contributed by atoms with Crippen LogP contribution in [-0.4, -0.2) is 0 Å². The first-order chi connectivity index (χ1) is 31.6. The molecule has 1 aliphatic carbocycles. The van der Waals surface area contributed by atoms with E-state index in [1.165, 1.54) is 16.7 Å². The van der Waals surface area contributed by atoms with E-state index in [0.717, 1.165) is 33.4 Å². The van der Waals surface area contributed by atoms with E-state index >= 15 is 0 Å².